The third kappa shape index (κ3) is 3.75. The molecule has 0 spiro atoms. The number of nitrogens with one attached hydrogen (secondary N) is 1. The van der Waals surface area contributed by atoms with Gasteiger partial charge in [0.15, 0.2) is 0 Å². The molecule has 25 heavy (non-hydrogen) atoms. The lowest BCUT2D eigenvalue weighted by molar-refractivity contribution is 0.431. The van der Waals surface area contributed by atoms with E-state index in [2.05, 4.69) is 85.4 Å². The highest BCUT2D eigenvalue weighted by Crippen LogP contribution is 2.37. The Morgan fingerprint density at radius 2 is 1.32 bits per heavy atom. The minimum atomic E-state index is 0.562. The van der Waals surface area contributed by atoms with Crippen molar-refractivity contribution in [2.75, 3.05) is 0 Å². The Labute approximate surface area is 165 Å². The molecule has 1 saturated carbocycles. The minimum Gasteiger partial charge on any atom is -0.341 e. The highest BCUT2D eigenvalue weighted by Gasteiger charge is 2.22. The molecule has 0 aliphatic heterocycles. The summed E-state index contributed by atoms with van der Waals surface area (Å²) in [5.41, 5.74) is 4.50. The topological polar surface area (TPSA) is 28.7 Å². The molecule has 0 bridgehead atoms. The molecule has 0 atom stereocenters. The van der Waals surface area contributed by atoms with Crippen molar-refractivity contribution in [2.45, 2.75) is 38.0 Å². The first kappa shape index (κ1) is 17.0. The molecule has 128 valence electrons. The van der Waals surface area contributed by atoms with Crippen molar-refractivity contribution >= 4 is 31.9 Å². The van der Waals surface area contributed by atoms with Gasteiger partial charge in [0.25, 0.3) is 0 Å². The SMILES string of the molecule is Brc1ccc(-c2nc(C3CCCCC3)[nH]c2-c2ccc(Br)cc2)cc1. The molecule has 1 aromatic heterocycles. The van der Waals surface area contributed by atoms with E-state index in [0.717, 1.165) is 31.7 Å². The second-order valence-corrected chi connectivity index (χ2v) is 8.53. The number of aromatic nitrogens is 2. The summed E-state index contributed by atoms with van der Waals surface area (Å²) in [7, 11) is 0. The molecular formula is C21H20Br2N2. The molecule has 0 saturated heterocycles. The first-order valence-electron chi connectivity index (χ1n) is 8.82. The predicted molar refractivity (Wildman–Crippen MR) is 111 cm³/mol. The van der Waals surface area contributed by atoms with Gasteiger partial charge >= 0.3 is 0 Å². The average molecular weight is 460 g/mol. The van der Waals surface area contributed by atoms with Gasteiger partial charge in [0.05, 0.1) is 11.4 Å². The molecule has 3 aromatic rings. The van der Waals surface area contributed by atoms with Crippen LogP contribution in [0.2, 0.25) is 0 Å². The molecule has 1 aliphatic rings. The smallest absolute Gasteiger partial charge is 0.110 e. The van der Waals surface area contributed by atoms with Crippen molar-refractivity contribution in [3.63, 3.8) is 0 Å². The fraction of sp³-hybridized carbons (Fsp3) is 0.286. The molecule has 2 aromatic carbocycles. The van der Waals surface area contributed by atoms with Gasteiger partial charge in [-0.25, -0.2) is 4.98 Å². The lowest BCUT2D eigenvalue weighted by Gasteiger charge is -2.19. The quantitative estimate of drug-likeness (QED) is 0.436. The maximum absolute atomic E-state index is 5.05. The van der Waals surface area contributed by atoms with Crippen LogP contribution in [0.15, 0.2) is 57.5 Å². The van der Waals surface area contributed by atoms with E-state index in [4.69, 9.17) is 4.98 Å². The van der Waals surface area contributed by atoms with Crippen molar-refractivity contribution in [1.29, 1.82) is 0 Å². The summed E-state index contributed by atoms with van der Waals surface area (Å²) in [6.45, 7) is 0. The minimum absolute atomic E-state index is 0.562. The largest absolute Gasteiger partial charge is 0.341 e. The Kier molecular flexibility index (Phi) is 5.09. The van der Waals surface area contributed by atoms with Crippen LogP contribution >= 0.6 is 31.9 Å². The van der Waals surface area contributed by atoms with Crippen LogP contribution in [-0.4, -0.2) is 9.97 Å². The Morgan fingerprint density at radius 3 is 1.92 bits per heavy atom. The number of rotatable bonds is 3. The number of hydrogen-bond donors (Lipinski definition) is 1. The average Bonchev–Trinajstić information content (AvgIpc) is 3.09. The van der Waals surface area contributed by atoms with Crippen LogP contribution in [0.5, 0.6) is 0 Å². The second kappa shape index (κ2) is 7.46. The predicted octanol–water partition coefficient (Wildman–Crippen LogP) is 7.32. The van der Waals surface area contributed by atoms with Gasteiger partial charge in [-0.2, -0.15) is 0 Å². The van der Waals surface area contributed by atoms with E-state index < -0.39 is 0 Å². The number of imidazole rings is 1. The zero-order valence-electron chi connectivity index (χ0n) is 13.9. The van der Waals surface area contributed by atoms with Crippen molar-refractivity contribution in [2.24, 2.45) is 0 Å². The molecule has 0 amide bonds. The summed E-state index contributed by atoms with van der Waals surface area (Å²) in [5.74, 6) is 1.71. The summed E-state index contributed by atoms with van der Waals surface area (Å²) in [4.78, 5) is 8.71. The van der Waals surface area contributed by atoms with Crippen molar-refractivity contribution in [3.8, 4) is 22.5 Å². The van der Waals surface area contributed by atoms with Gasteiger partial charge in [0, 0.05) is 26.0 Å². The molecule has 4 rings (SSSR count). The number of hydrogen-bond acceptors (Lipinski definition) is 1. The van der Waals surface area contributed by atoms with Gasteiger partial charge in [-0.3, -0.25) is 0 Å². The summed E-state index contributed by atoms with van der Waals surface area (Å²) in [6.07, 6.45) is 6.47. The molecule has 4 heteroatoms. The number of halogens is 2. The van der Waals surface area contributed by atoms with E-state index in [-0.39, 0.29) is 0 Å². The Morgan fingerprint density at radius 1 is 0.760 bits per heavy atom. The normalized spacial score (nSPS) is 15.4. The van der Waals surface area contributed by atoms with E-state index in [1.807, 2.05) is 0 Å². The van der Waals surface area contributed by atoms with E-state index in [0.29, 0.717) is 5.92 Å². The lowest BCUT2D eigenvalue weighted by atomic mass is 9.89. The summed E-state index contributed by atoms with van der Waals surface area (Å²) >= 11 is 7.05. The molecular weight excluding hydrogens is 440 g/mol. The van der Waals surface area contributed by atoms with Crippen molar-refractivity contribution in [3.05, 3.63) is 63.3 Å². The summed E-state index contributed by atoms with van der Waals surface area (Å²) in [5, 5.41) is 0. The third-order valence-corrected chi connectivity index (χ3v) is 6.02. The van der Waals surface area contributed by atoms with Crippen LogP contribution in [0.1, 0.15) is 43.8 Å². The highest BCUT2D eigenvalue weighted by molar-refractivity contribution is 9.10. The zero-order valence-corrected chi connectivity index (χ0v) is 17.1. The monoisotopic (exact) mass is 458 g/mol. The van der Waals surface area contributed by atoms with Crippen LogP contribution in [0.4, 0.5) is 0 Å². The maximum Gasteiger partial charge on any atom is 0.110 e. The molecule has 1 N–H and O–H groups in total. The fourth-order valence-corrected chi connectivity index (χ4v) is 4.13. The first-order valence-corrected chi connectivity index (χ1v) is 10.4. The first-order chi connectivity index (χ1) is 12.2. The fourth-order valence-electron chi connectivity index (χ4n) is 3.60. The maximum atomic E-state index is 5.05. The Bertz CT molecular complexity index is 782. The highest BCUT2D eigenvalue weighted by atomic mass is 79.9. The summed E-state index contributed by atoms with van der Waals surface area (Å²) < 4.78 is 2.18. The van der Waals surface area contributed by atoms with Crippen molar-refractivity contribution < 1.29 is 0 Å². The third-order valence-electron chi connectivity index (χ3n) is 4.96. The van der Waals surface area contributed by atoms with Gasteiger partial charge in [-0.05, 0) is 37.1 Å². The van der Waals surface area contributed by atoms with E-state index in [1.54, 1.807) is 0 Å². The van der Waals surface area contributed by atoms with Gasteiger partial charge in [0.2, 0.25) is 0 Å². The molecule has 1 fully saturated rings. The Hall–Kier alpha value is -1.39. The van der Waals surface area contributed by atoms with E-state index >= 15 is 0 Å². The van der Waals surface area contributed by atoms with Crippen LogP contribution < -0.4 is 0 Å². The van der Waals surface area contributed by atoms with Gasteiger partial charge in [0.1, 0.15) is 5.82 Å². The summed E-state index contributed by atoms with van der Waals surface area (Å²) in [6, 6.07) is 16.9. The lowest BCUT2D eigenvalue weighted by Crippen LogP contribution is -2.06. The van der Waals surface area contributed by atoms with E-state index in [1.165, 1.54) is 37.7 Å². The number of benzene rings is 2. The molecule has 0 unspecified atom stereocenters. The van der Waals surface area contributed by atoms with Gasteiger partial charge in [-0.1, -0.05) is 75.4 Å². The molecule has 1 aliphatic carbocycles. The molecule has 0 radical (unpaired) electrons. The van der Waals surface area contributed by atoms with Crippen LogP contribution in [-0.2, 0) is 0 Å². The van der Waals surface area contributed by atoms with Crippen molar-refractivity contribution in [1.82, 2.24) is 9.97 Å². The van der Waals surface area contributed by atoms with Crippen LogP contribution in [0.3, 0.4) is 0 Å². The molecule has 1 heterocycles. The molecule has 2 nitrogen and oxygen atoms in total. The Balaban J connectivity index is 1.80. The number of nitrogens with zero attached hydrogens (tertiary/aromatic N) is 1. The van der Waals surface area contributed by atoms with E-state index in [9.17, 15) is 0 Å². The zero-order chi connectivity index (χ0) is 17.2. The van der Waals surface area contributed by atoms with Gasteiger partial charge in [-0.15, -0.1) is 0 Å². The van der Waals surface area contributed by atoms with Crippen LogP contribution in [0.25, 0.3) is 22.5 Å². The van der Waals surface area contributed by atoms with Crippen LogP contribution in [0, 0.1) is 0 Å². The number of aromatic amines is 1. The standard InChI is InChI=1S/C21H20Br2N2/c22-17-10-6-14(7-11-17)19-20(15-8-12-18(23)13-9-15)25-21(24-19)16-4-2-1-3-5-16/h6-13,16H,1-5H2,(H,24,25). The van der Waals surface area contributed by atoms with Gasteiger partial charge < -0.3 is 4.98 Å². The number of H-pyrrole nitrogens is 1. The second-order valence-electron chi connectivity index (χ2n) is 6.69.